The van der Waals surface area contributed by atoms with Gasteiger partial charge in [-0.2, -0.15) is 0 Å². The number of hydrogen-bond acceptors (Lipinski definition) is 2. The van der Waals surface area contributed by atoms with E-state index in [0.717, 1.165) is 25.7 Å². The summed E-state index contributed by atoms with van der Waals surface area (Å²) in [4.78, 5) is 14.3. The minimum atomic E-state index is 0.0310. The molecule has 2 heteroatoms. The van der Waals surface area contributed by atoms with Crippen LogP contribution in [-0.4, -0.2) is 12.1 Å². The van der Waals surface area contributed by atoms with Gasteiger partial charge >= 0.3 is 0 Å². The molecular weight excluding hydrogens is 246 g/mol. The first-order valence-electron chi connectivity index (χ1n) is 7.88. The van der Waals surface area contributed by atoms with Crippen LogP contribution in [0.5, 0.6) is 0 Å². The van der Waals surface area contributed by atoms with Crippen molar-refractivity contribution in [3.8, 4) is 0 Å². The predicted octanol–water partition coefficient (Wildman–Crippen LogP) is 5.41. The molecular formula is C18H30NO. The molecule has 0 saturated carbocycles. The third-order valence-electron chi connectivity index (χ3n) is 3.54. The van der Waals surface area contributed by atoms with Crippen LogP contribution in [0.25, 0.3) is 0 Å². The average Bonchev–Trinajstić information content (AvgIpc) is 2.43. The summed E-state index contributed by atoms with van der Waals surface area (Å²) in [6, 6.07) is 0.0310. The van der Waals surface area contributed by atoms with E-state index in [2.05, 4.69) is 31.5 Å². The third kappa shape index (κ3) is 10.8. The van der Waals surface area contributed by atoms with Crippen LogP contribution in [0, 0.1) is 12.3 Å². The van der Waals surface area contributed by atoms with Gasteiger partial charge in [-0.15, -0.1) is 13.2 Å². The highest BCUT2D eigenvalue weighted by atomic mass is 16.1. The molecule has 0 amide bonds. The Morgan fingerprint density at radius 2 is 1.85 bits per heavy atom. The molecule has 2 unspecified atom stereocenters. The summed E-state index contributed by atoms with van der Waals surface area (Å²) >= 11 is 0. The largest absolute Gasteiger partial charge is 0.235 e. The number of isocyanates is 1. The first-order valence-corrected chi connectivity index (χ1v) is 7.88. The SMILES string of the molecule is C=CCC(C[CH]CCCCCC)CC(CC=C)N=C=O. The van der Waals surface area contributed by atoms with Gasteiger partial charge in [-0.3, -0.25) is 0 Å². The molecule has 2 nitrogen and oxygen atoms in total. The van der Waals surface area contributed by atoms with E-state index in [1.165, 1.54) is 32.1 Å². The molecule has 0 spiro atoms. The average molecular weight is 276 g/mol. The zero-order valence-electron chi connectivity index (χ0n) is 13.0. The van der Waals surface area contributed by atoms with Crippen molar-refractivity contribution in [2.45, 2.75) is 70.8 Å². The molecule has 0 aromatic rings. The first-order chi connectivity index (χ1) is 9.78. The van der Waals surface area contributed by atoms with Gasteiger partial charge < -0.3 is 0 Å². The van der Waals surface area contributed by atoms with Gasteiger partial charge in [0.1, 0.15) is 0 Å². The van der Waals surface area contributed by atoms with E-state index in [1.54, 1.807) is 6.08 Å². The summed E-state index contributed by atoms with van der Waals surface area (Å²) in [5, 5.41) is 0. The van der Waals surface area contributed by atoms with Crippen molar-refractivity contribution >= 4 is 6.08 Å². The van der Waals surface area contributed by atoms with Crippen molar-refractivity contribution < 1.29 is 4.79 Å². The van der Waals surface area contributed by atoms with E-state index >= 15 is 0 Å². The molecule has 0 aromatic carbocycles. The highest BCUT2D eigenvalue weighted by Crippen LogP contribution is 2.22. The topological polar surface area (TPSA) is 29.4 Å². The molecule has 0 N–H and O–H groups in total. The van der Waals surface area contributed by atoms with Crippen LogP contribution < -0.4 is 0 Å². The third-order valence-corrected chi connectivity index (χ3v) is 3.54. The van der Waals surface area contributed by atoms with E-state index in [9.17, 15) is 4.79 Å². The molecule has 20 heavy (non-hydrogen) atoms. The van der Waals surface area contributed by atoms with E-state index in [-0.39, 0.29) is 6.04 Å². The quantitative estimate of drug-likeness (QED) is 0.180. The Labute approximate surface area is 125 Å². The van der Waals surface area contributed by atoms with Gasteiger partial charge in [0, 0.05) is 0 Å². The number of nitrogens with zero attached hydrogens (tertiary/aromatic N) is 1. The molecule has 0 bridgehead atoms. The Morgan fingerprint density at radius 3 is 2.45 bits per heavy atom. The lowest BCUT2D eigenvalue weighted by Crippen LogP contribution is -2.11. The summed E-state index contributed by atoms with van der Waals surface area (Å²) in [6.45, 7) is 9.78. The molecule has 0 aliphatic carbocycles. The highest BCUT2D eigenvalue weighted by Gasteiger charge is 2.14. The van der Waals surface area contributed by atoms with Crippen molar-refractivity contribution in [1.82, 2.24) is 0 Å². The number of hydrogen-bond donors (Lipinski definition) is 0. The van der Waals surface area contributed by atoms with Crippen LogP contribution >= 0.6 is 0 Å². The number of aliphatic imine (C=N–C) groups is 1. The fourth-order valence-corrected chi connectivity index (χ4v) is 2.45. The van der Waals surface area contributed by atoms with Gasteiger partial charge in [0.2, 0.25) is 6.08 Å². The number of allylic oxidation sites excluding steroid dienone is 1. The van der Waals surface area contributed by atoms with Gasteiger partial charge in [0.25, 0.3) is 0 Å². The maximum absolute atomic E-state index is 10.4. The van der Waals surface area contributed by atoms with Crippen molar-refractivity contribution in [2.75, 3.05) is 0 Å². The Bertz CT molecular complexity index is 292. The van der Waals surface area contributed by atoms with Crippen LogP contribution in [0.15, 0.2) is 30.3 Å². The predicted molar refractivity (Wildman–Crippen MR) is 87.3 cm³/mol. The lowest BCUT2D eigenvalue weighted by molar-refractivity contribution is 0.424. The van der Waals surface area contributed by atoms with Crippen LogP contribution in [0.3, 0.4) is 0 Å². The number of unbranched alkanes of at least 4 members (excludes halogenated alkanes) is 5. The van der Waals surface area contributed by atoms with Gasteiger partial charge in [0.05, 0.1) is 6.04 Å². The minimum absolute atomic E-state index is 0.0310. The van der Waals surface area contributed by atoms with Gasteiger partial charge in [-0.25, -0.2) is 9.79 Å². The second-order valence-corrected chi connectivity index (χ2v) is 5.40. The van der Waals surface area contributed by atoms with Gasteiger partial charge in [-0.05, 0) is 38.0 Å². The molecule has 0 aromatic heterocycles. The van der Waals surface area contributed by atoms with Gasteiger partial charge in [0.15, 0.2) is 0 Å². The van der Waals surface area contributed by atoms with Crippen LogP contribution in [-0.2, 0) is 4.79 Å². The lowest BCUT2D eigenvalue weighted by Gasteiger charge is -2.18. The zero-order chi connectivity index (χ0) is 15.1. The molecule has 0 rings (SSSR count). The molecule has 2 atom stereocenters. The summed E-state index contributed by atoms with van der Waals surface area (Å²) in [5.74, 6) is 0.528. The lowest BCUT2D eigenvalue weighted by atomic mass is 9.90. The van der Waals surface area contributed by atoms with Crippen molar-refractivity contribution in [2.24, 2.45) is 10.9 Å². The van der Waals surface area contributed by atoms with E-state index in [4.69, 9.17) is 0 Å². The molecule has 0 aliphatic rings. The zero-order valence-corrected chi connectivity index (χ0v) is 13.0. The number of carbonyl (C=O) groups excluding carboxylic acids is 1. The summed E-state index contributed by atoms with van der Waals surface area (Å²) < 4.78 is 0. The standard InChI is InChI=1S/C18H30NO/c1-4-7-8-9-10-11-14-17(12-5-2)15-18(13-6-3)19-16-20/h5-6,11,17-18H,2-4,7-10,12-15H2,1H3. The number of rotatable bonds is 14. The van der Waals surface area contributed by atoms with Crippen LogP contribution in [0.4, 0.5) is 0 Å². The summed E-state index contributed by atoms with van der Waals surface area (Å²) in [5.41, 5.74) is 0. The molecule has 1 radical (unpaired) electrons. The summed E-state index contributed by atoms with van der Waals surface area (Å²) in [6.07, 6.45) is 18.0. The maximum Gasteiger partial charge on any atom is 0.235 e. The fraction of sp³-hybridized carbons (Fsp3) is 0.667. The second kappa shape index (κ2) is 14.3. The van der Waals surface area contributed by atoms with E-state index in [1.807, 2.05) is 12.2 Å². The smallest absolute Gasteiger partial charge is 0.211 e. The monoisotopic (exact) mass is 276 g/mol. The molecule has 113 valence electrons. The first kappa shape index (κ1) is 18.9. The Balaban J connectivity index is 4.03. The molecule has 0 fully saturated rings. The van der Waals surface area contributed by atoms with E-state index in [0.29, 0.717) is 5.92 Å². The fourth-order valence-electron chi connectivity index (χ4n) is 2.45. The highest BCUT2D eigenvalue weighted by molar-refractivity contribution is 5.33. The second-order valence-electron chi connectivity index (χ2n) is 5.40. The van der Waals surface area contributed by atoms with Gasteiger partial charge in [-0.1, -0.05) is 51.2 Å². The molecule has 0 saturated heterocycles. The Kier molecular flexibility index (Phi) is 13.5. The Morgan fingerprint density at radius 1 is 1.10 bits per heavy atom. The van der Waals surface area contributed by atoms with E-state index < -0.39 is 0 Å². The molecule has 0 heterocycles. The normalized spacial score (nSPS) is 13.2. The van der Waals surface area contributed by atoms with Crippen molar-refractivity contribution in [1.29, 1.82) is 0 Å². The minimum Gasteiger partial charge on any atom is -0.211 e. The maximum atomic E-state index is 10.4. The molecule has 0 aliphatic heterocycles. The van der Waals surface area contributed by atoms with Crippen LogP contribution in [0.1, 0.15) is 64.7 Å². The van der Waals surface area contributed by atoms with Crippen LogP contribution in [0.2, 0.25) is 0 Å². The van der Waals surface area contributed by atoms with Crippen molar-refractivity contribution in [3.05, 3.63) is 31.7 Å². The summed E-state index contributed by atoms with van der Waals surface area (Å²) in [7, 11) is 0. The van der Waals surface area contributed by atoms with Crippen molar-refractivity contribution in [3.63, 3.8) is 0 Å². The Hall–Kier alpha value is -1.14.